The summed E-state index contributed by atoms with van der Waals surface area (Å²) in [7, 11) is 0. The van der Waals surface area contributed by atoms with Crippen molar-refractivity contribution in [2.24, 2.45) is 0 Å². The average molecular weight is 268 g/mol. The van der Waals surface area contributed by atoms with E-state index in [4.69, 9.17) is 0 Å². The number of carbonyl (C=O) groups is 2. The van der Waals surface area contributed by atoms with E-state index >= 15 is 0 Å². The summed E-state index contributed by atoms with van der Waals surface area (Å²) in [5.41, 5.74) is -3.28. The first-order chi connectivity index (χ1) is 8.31. The maximum absolute atomic E-state index is 12.7. The highest BCUT2D eigenvalue weighted by molar-refractivity contribution is 5.92. The molecule has 0 amide bonds. The molecule has 0 saturated heterocycles. The van der Waals surface area contributed by atoms with Gasteiger partial charge in [-0.1, -0.05) is 0 Å². The molecule has 0 heterocycles. The third-order valence-corrected chi connectivity index (χ3v) is 1.99. The average Bonchev–Trinajstić information content (AvgIpc) is 2.25. The second kappa shape index (κ2) is 5.11. The Morgan fingerprint density at radius 1 is 1.11 bits per heavy atom. The van der Waals surface area contributed by atoms with Crippen molar-refractivity contribution >= 4 is 12.6 Å². The minimum Gasteiger partial charge on any atom is -0.434 e. The fraction of sp³-hybridized carbons (Fsp3) is 0.200. The van der Waals surface area contributed by atoms with Crippen molar-refractivity contribution in [2.75, 3.05) is 0 Å². The second-order valence-electron chi connectivity index (χ2n) is 3.05. The number of aldehydes is 2. The molecule has 0 bridgehead atoms. The van der Waals surface area contributed by atoms with Crippen molar-refractivity contribution in [3.63, 3.8) is 0 Å². The number of hydrogen-bond donors (Lipinski definition) is 0. The van der Waals surface area contributed by atoms with Gasteiger partial charge in [0.25, 0.3) is 0 Å². The summed E-state index contributed by atoms with van der Waals surface area (Å²) < 4.78 is 65.6. The Morgan fingerprint density at radius 3 is 2.11 bits per heavy atom. The number of carbonyl (C=O) groups excluding carboxylic acids is 2. The minimum absolute atomic E-state index is 0.0190. The Morgan fingerprint density at radius 2 is 1.72 bits per heavy atom. The van der Waals surface area contributed by atoms with E-state index in [1.54, 1.807) is 0 Å². The molecule has 0 aliphatic rings. The number of halogens is 5. The van der Waals surface area contributed by atoms with Gasteiger partial charge in [0.2, 0.25) is 0 Å². The number of hydrogen-bond acceptors (Lipinski definition) is 3. The van der Waals surface area contributed by atoms with Crippen molar-refractivity contribution < 1.29 is 36.3 Å². The van der Waals surface area contributed by atoms with Crippen LogP contribution in [0.1, 0.15) is 26.3 Å². The van der Waals surface area contributed by atoms with Gasteiger partial charge in [-0.05, 0) is 12.1 Å². The molecule has 18 heavy (non-hydrogen) atoms. The standard InChI is InChI=1S/C10H5F5O3/c11-9(12)18-7-2-1-5(3-16)6(4-17)8(7)10(13,14)15/h1-4,9H. The van der Waals surface area contributed by atoms with Gasteiger partial charge in [-0.3, -0.25) is 9.59 Å². The molecule has 0 unspecified atom stereocenters. The molecule has 8 heteroatoms. The van der Waals surface area contributed by atoms with Crippen molar-refractivity contribution in [3.05, 3.63) is 28.8 Å². The Balaban J connectivity index is 3.54. The molecule has 1 rings (SSSR count). The van der Waals surface area contributed by atoms with Gasteiger partial charge in [0, 0.05) is 11.1 Å². The summed E-state index contributed by atoms with van der Waals surface area (Å²) in [5, 5.41) is 0. The lowest BCUT2D eigenvalue weighted by Gasteiger charge is -2.16. The van der Waals surface area contributed by atoms with Crippen LogP contribution in [0.3, 0.4) is 0 Å². The van der Waals surface area contributed by atoms with Crippen LogP contribution in [-0.2, 0) is 6.18 Å². The van der Waals surface area contributed by atoms with E-state index in [0.717, 1.165) is 6.07 Å². The Kier molecular flexibility index (Phi) is 4.00. The van der Waals surface area contributed by atoms with Crippen LogP contribution in [0.2, 0.25) is 0 Å². The fourth-order valence-corrected chi connectivity index (χ4v) is 1.33. The van der Waals surface area contributed by atoms with Crippen molar-refractivity contribution in [2.45, 2.75) is 12.8 Å². The maximum Gasteiger partial charge on any atom is 0.420 e. The van der Waals surface area contributed by atoms with Gasteiger partial charge in [-0.2, -0.15) is 22.0 Å². The van der Waals surface area contributed by atoms with E-state index in [-0.39, 0.29) is 12.6 Å². The minimum atomic E-state index is -5.10. The molecular weight excluding hydrogens is 263 g/mol. The number of ether oxygens (including phenoxy) is 1. The molecule has 0 radical (unpaired) electrons. The monoisotopic (exact) mass is 268 g/mol. The molecule has 0 spiro atoms. The van der Waals surface area contributed by atoms with E-state index in [9.17, 15) is 31.5 Å². The summed E-state index contributed by atoms with van der Waals surface area (Å²) >= 11 is 0. The highest BCUT2D eigenvalue weighted by Crippen LogP contribution is 2.39. The molecule has 0 N–H and O–H groups in total. The van der Waals surface area contributed by atoms with Gasteiger partial charge in [0.1, 0.15) is 11.3 Å². The van der Waals surface area contributed by atoms with E-state index in [0.29, 0.717) is 6.07 Å². The van der Waals surface area contributed by atoms with Gasteiger partial charge < -0.3 is 4.74 Å². The van der Waals surface area contributed by atoms with Crippen LogP contribution in [0.15, 0.2) is 12.1 Å². The van der Waals surface area contributed by atoms with Crippen LogP contribution in [0.4, 0.5) is 22.0 Å². The molecule has 0 aromatic heterocycles. The number of rotatable bonds is 4. The summed E-state index contributed by atoms with van der Waals surface area (Å²) in [4.78, 5) is 21.1. The van der Waals surface area contributed by atoms with E-state index in [1.807, 2.05) is 0 Å². The van der Waals surface area contributed by atoms with Crippen LogP contribution in [-0.4, -0.2) is 19.2 Å². The van der Waals surface area contributed by atoms with Crippen molar-refractivity contribution in [1.29, 1.82) is 0 Å². The molecule has 1 aromatic carbocycles. The molecule has 1 aromatic rings. The first-order valence-corrected chi connectivity index (χ1v) is 4.40. The predicted octanol–water partition coefficient (Wildman–Crippen LogP) is 2.93. The van der Waals surface area contributed by atoms with Crippen LogP contribution >= 0.6 is 0 Å². The van der Waals surface area contributed by atoms with E-state index in [1.165, 1.54) is 0 Å². The normalized spacial score (nSPS) is 11.4. The highest BCUT2D eigenvalue weighted by atomic mass is 19.4. The largest absolute Gasteiger partial charge is 0.434 e. The SMILES string of the molecule is O=Cc1ccc(OC(F)F)c(C(F)(F)F)c1C=O. The van der Waals surface area contributed by atoms with Crippen molar-refractivity contribution in [3.8, 4) is 5.75 Å². The molecule has 3 nitrogen and oxygen atoms in total. The molecule has 0 fully saturated rings. The number of benzene rings is 1. The first-order valence-electron chi connectivity index (χ1n) is 4.40. The zero-order valence-corrected chi connectivity index (χ0v) is 8.50. The predicted molar refractivity (Wildman–Crippen MR) is 48.9 cm³/mol. The summed E-state index contributed by atoms with van der Waals surface area (Å²) in [5.74, 6) is -1.20. The maximum atomic E-state index is 12.7. The van der Waals surface area contributed by atoms with Gasteiger partial charge in [-0.25, -0.2) is 0 Å². The smallest absolute Gasteiger partial charge is 0.420 e. The molecular formula is C10H5F5O3. The van der Waals surface area contributed by atoms with Crippen LogP contribution in [0.5, 0.6) is 5.75 Å². The van der Waals surface area contributed by atoms with E-state index < -0.39 is 35.2 Å². The third-order valence-electron chi connectivity index (χ3n) is 1.99. The van der Waals surface area contributed by atoms with Crippen LogP contribution < -0.4 is 4.74 Å². The van der Waals surface area contributed by atoms with Crippen molar-refractivity contribution in [1.82, 2.24) is 0 Å². The van der Waals surface area contributed by atoms with Gasteiger partial charge in [0.05, 0.1) is 0 Å². The molecule has 0 aliphatic carbocycles. The Bertz CT molecular complexity index is 467. The van der Waals surface area contributed by atoms with Gasteiger partial charge in [0.15, 0.2) is 12.6 Å². The second-order valence-corrected chi connectivity index (χ2v) is 3.05. The number of alkyl halides is 5. The van der Waals surface area contributed by atoms with Gasteiger partial charge >= 0.3 is 12.8 Å². The van der Waals surface area contributed by atoms with Crippen LogP contribution in [0.25, 0.3) is 0 Å². The first kappa shape index (κ1) is 14.1. The lowest BCUT2D eigenvalue weighted by Crippen LogP contribution is -2.15. The quantitative estimate of drug-likeness (QED) is 0.623. The van der Waals surface area contributed by atoms with Gasteiger partial charge in [-0.15, -0.1) is 0 Å². The summed E-state index contributed by atoms with van der Waals surface area (Å²) in [6, 6.07) is 1.36. The zero-order valence-electron chi connectivity index (χ0n) is 8.50. The van der Waals surface area contributed by atoms with Crippen LogP contribution in [0, 0.1) is 0 Å². The van der Waals surface area contributed by atoms with E-state index in [2.05, 4.69) is 4.74 Å². The highest BCUT2D eigenvalue weighted by Gasteiger charge is 2.38. The lowest BCUT2D eigenvalue weighted by molar-refractivity contribution is -0.142. The third kappa shape index (κ3) is 2.82. The summed E-state index contributed by atoms with van der Waals surface area (Å²) in [6.45, 7) is -3.48. The zero-order chi connectivity index (χ0) is 13.9. The Labute approximate surface area is 97.2 Å². The molecule has 0 atom stereocenters. The summed E-state index contributed by atoms with van der Waals surface area (Å²) in [6.07, 6.45) is -5.31. The topological polar surface area (TPSA) is 43.4 Å². The molecule has 98 valence electrons. The Hall–Kier alpha value is -1.99. The fourth-order valence-electron chi connectivity index (χ4n) is 1.33. The molecule has 0 saturated carbocycles. The molecule has 0 aliphatic heterocycles. The lowest BCUT2D eigenvalue weighted by atomic mass is 10.0.